The maximum absolute atomic E-state index is 12.6. The van der Waals surface area contributed by atoms with Gasteiger partial charge in [-0.05, 0) is 12.5 Å². The Balaban J connectivity index is 2.89. The smallest absolute Gasteiger partial charge is 0.327 e. The Bertz CT molecular complexity index is 719. The van der Waals surface area contributed by atoms with Gasteiger partial charge in [0.2, 0.25) is 17.7 Å². The predicted octanol–water partition coefficient (Wildman–Crippen LogP) is -1.03. The van der Waals surface area contributed by atoms with Crippen molar-refractivity contribution >= 4 is 48.9 Å². The summed E-state index contributed by atoms with van der Waals surface area (Å²) < 4.78 is 0. The first-order valence-corrected chi connectivity index (χ1v) is 10.1. The number of rotatable bonds is 11. The second-order valence-corrected chi connectivity index (χ2v) is 7.08. The Labute approximate surface area is 180 Å². The molecule has 4 unspecified atom stereocenters. The number of benzene rings is 1. The van der Waals surface area contributed by atoms with Crippen LogP contribution < -0.4 is 21.7 Å². The van der Waals surface area contributed by atoms with Crippen LogP contribution >= 0.6 is 25.3 Å². The van der Waals surface area contributed by atoms with Crippen LogP contribution in [-0.2, 0) is 25.6 Å². The zero-order valence-corrected chi connectivity index (χ0v) is 17.7. The lowest BCUT2D eigenvalue weighted by Crippen LogP contribution is -2.57. The first-order valence-electron chi connectivity index (χ1n) is 8.84. The second-order valence-electron chi connectivity index (χ2n) is 6.35. The van der Waals surface area contributed by atoms with Crippen molar-refractivity contribution in [2.24, 2.45) is 5.73 Å². The molecule has 0 fully saturated rings. The van der Waals surface area contributed by atoms with Gasteiger partial charge in [0, 0.05) is 17.9 Å². The Kier molecular flexibility index (Phi) is 10.6. The van der Waals surface area contributed by atoms with Gasteiger partial charge in [0.15, 0.2) is 0 Å². The summed E-state index contributed by atoms with van der Waals surface area (Å²) in [5, 5.41) is 16.5. The summed E-state index contributed by atoms with van der Waals surface area (Å²) in [7, 11) is 0. The fraction of sp³-hybridized carbons (Fsp3) is 0.444. The molecule has 0 aliphatic heterocycles. The Hall–Kier alpha value is -2.24. The quantitative estimate of drug-likeness (QED) is 0.218. The SMILES string of the molecule is CC(NC(=O)C(N)CS)C(=O)NC(Cc1ccccc1)C(=O)NC(CS)C(=O)O. The molecule has 0 aliphatic carbocycles. The first-order chi connectivity index (χ1) is 13.7. The van der Waals surface area contributed by atoms with E-state index < -0.39 is 47.9 Å². The van der Waals surface area contributed by atoms with Crippen LogP contribution in [0.3, 0.4) is 0 Å². The number of thiol groups is 2. The van der Waals surface area contributed by atoms with E-state index in [-0.39, 0.29) is 17.9 Å². The molecule has 160 valence electrons. The molecule has 0 aromatic heterocycles. The van der Waals surface area contributed by atoms with E-state index >= 15 is 0 Å². The van der Waals surface area contributed by atoms with E-state index in [2.05, 4.69) is 41.2 Å². The van der Waals surface area contributed by atoms with Gasteiger partial charge in [-0.15, -0.1) is 0 Å². The molecule has 1 aromatic carbocycles. The van der Waals surface area contributed by atoms with Gasteiger partial charge in [-0.1, -0.05) is 30.3 Å². The highest BCUT2D eigenvalue weighted by Gasteiger charge is 2.28. The van der Waals surface area contributed by atoms with E-state index in [4.69, 9.17) is 10.8 Å². The first kappa shape index (κ1) is 24.8. The van der Waals surface area contributed by atoms with Crippen molar-refractivity contribution in [3.63, 3.8) is 0 Å². The van der Waals surface area contributed by atoms with E-state index in [1.807, 2.05) is 0 Å². The number of carbonyl (C=O) groups is 4. The lowest BCUT2D eigenvalue weighted by molar-refractivity contribution is -0.141. The highest BCUT2D eigenvalue weighted by Crippen LogP contribution is 2.05. The van der Waals surface area contributed by atoms with E-state index in [1.165, 1.54) is 6.92 Å². The van der Waals surface area contributed by atoms with Crippen molar-refractivity contribution in [3.8, 4) is 0 Å². The lowest BCUT2D eigenvalue weighted by Gasteiger charge is -2.23. The number of nitrogens with two attached hydrogens (primary N) is 1. The molecule has 29 heavy (non-hydrogen) atoms. The van der Waals surface area contributed by atoms with Crippen molar-refractivity contribution in [2.75, 3.05) is 11.5 Å². The maximum Gasteiger partial charge on any atom is 0.327 e. The predicted molar refractivity (Wildman–Crippen MR) is 115 cm³/mol. The summed E-state index contributed by atoms with van der Waals surface area (Å²) in [6, 6.07) is 4.83. The summed E-state index contributed by atoms with van der Waals surface area (Å²) in [5.74, 6) is -3.07. The molecule has 3 amide bonds. The number of aliphatic carboxylic acids is 1. The minimum absolute atomic E-state index is 0.110. The minimum Gasteiger partial charge on any atom is -0.480 e. The van der Waals surface area contributed by atoms with Gasteiger partial charge >= 0.3 is 5.97 Å². The molecule has 1 aromatic rings. The van der Waals surface area contributed by atoms with Crippen molar-refractivity contribution in [1.82, 2.24) is 16.0 Å². The van der Waals surface area contributed by atoms with Crippen LogP contribution in [0, 0.1) is 0 Å². The molecular weight excluding hydrogens is 416 g/mol. The van der Waals surface area contributed by atoms with Crippen molar-refractivity contribution in [3.05, 3.63) is 35.9 Å². The summed E-state index contributed by atoms with van der Waals surface area (Å²) in [4.78, 5) is 48.1. The van der Waals surface area contributed by atoms with Gasteiger partial charge in [0.1, 0.15) is 18.1 Å². The molecule has 1 rings (SSSR count). The number of hydrogen-bond donors (Lipinski definition) is 7. The number of carbonyl (C=O) groups excluding carboxylic acids is 3. The van der Waals surface area contributed by atoms with Gasteiger partial charge in [0.05, 0.1) is 6.04 Å². The zero-order valence-electron chi connectivity index (χ0n) is 15.9. The fourth-order valence-corrected chi connectivity index (χ4v) is 2.70. The minimum atomic E-state index is -1.24. The highest BCUT2D eigenvalue weighted by atomic mass is 32.1. The Morgan fingerprint density at radius 3 is 2.03 bits per heavy atom. The topological polar surface area (TPSA) is 151 Å². The van der Waals surface area contributed by atoms with Gasteiger partial charge in [-0.2, -0.15) is 25.3 Å². The number of amides is 3. The molecule has 0 saturated heterocycles. The molecule has 6 N–H and O–H groups in total. The standard InChI is InChI=1S/C18H26N4O5S2/c1-10(20-16(24)12(19)8-28)15(23)21-13(7-11-5-3-2-4-6-11)17(25)22-14(9-29)18(26)27/h2-6,10,12-14,28-29H,7-9,19H2,1H3,(H,20,24)(H,21,23)(H,22,25)(H,26,27). The van der Waals surface area contributed by atoms with Crippen LogP contribution in [0.1, 0.15) is 12.5 Å². The molecule has 0 radical (unpaired) electrons. The van der Waals surface area contributed by atoms with Crippen LogP contribution in [0.4, 0.5) is 0 Å². The fourth-order valence-electron chi connectivity index (χ4n) is 2.28. The Morgan fingerprint density at radius 1 is 0.931 bits per heavy atom. The molecule has 4 atom stereocenters. The van der Waals surface area contributed by atoms with Gasteiger partial charge in [0.25, 0.3) is 0 Å². The normalized spacial score (nSPS) is 14.8. The zero-order chi connectivity index (χ0) is 22.0. The second kappa shape index (κ2) is 12.3. The number of hydrogen-bond acceptors (Lipinski definition) is 7. The average Bonchev–Trinajstić information content (AvgIpc) is 2.70. The highest BCUT2D eigenvalue weighted by molar-refractivity contribution is 7.80. The maximum atomic E-state index is 12.6. The molecule has 0 spiro atoms. The van der Waals surface area contributed by atoms with E-state index in [0.29, 0.717) is 0 Å². The summed E-state index contributed by atoms with van der Waals surface area (Å²) in [6.45, 7) is 1.45. The van der Waals surface area contributed by atoms with Crippen molar-refractivity contribution < 1.29 is 24.3 Å². The van der Waals surface area contributed by atoms with Gasteiger partial charge in [-0.3, -0.25) is 14.4 Å². The van der Waals surface area contributed by atoms with Gasteiger partial charge in [-0.25, -0.2) is 4.79 Å². The average molecular weight is 443 g/mol. The number of carboxylic acid groups (broad SMARTS) is 1. The summed E-state index contributed by atoms with van der Waals surface area (Å²) >= 11 is 7.85. The van der Waals surface area contributed by atoms with E-state index in [0.717, 1.165) is 5.56 Å². The van der Waals surface area contributed by atoms with Crippen molar-refractivity contribution in [2.45, 2.75) is 37.5 Å². The third-order valence-corrected chi connectivity index (χ3v) is 4.76. The van der Waals surface area contributed by atoms with E-state index in [1.54, 1.807) is 30.3 Å². The van der Waals surface area contributed by atoms with E-state index in [9.17, 15) is 19.2 Å². The van der Waals surface area contributed by atoms with Crippen LogP contribution in [0.2, 0.25) is 0 Å². The largest absolute Gasteiger partial charge is 0.480 e. The monoisotopic (exact) mass is 442 g/mol. The summed E-state index contributed by atoms with van der Waals surface area (Å²) in [6.07, 6.45) is 0.133. The van der Waals surface area contributed by atoms with Gasteiger partial charge < -0.3 is 26.8 Å². The van der Waals surface area contributed by atoms with Crippen LogP contribution in [-0.4, -0.2) is 64.5 Å². The van der Waals surface area contributed by atoms with Crippen molar-refractivity contribution in [1.29, 1.82) is 0 Å². The Morgan fingerprint density at radius 2 is 1.52 bits per heavy atom. The third-order valence-electron chi connectivity index (χ3n) is 4.00. The number of carboxylic acids is 1. The van der Waals surface area contributed by atoms with Crippen LogP contribution in [0.5, 0.6) is 0 Å². The summed E-state index contributed by atoms with van der Waals surface area (Å²) in [5.41, 5.74) is 6.33. The molecular formula is C18H26N4O5S2. The molecule has 11 heteroatoms. The third kappa shape index (κ3) is 8.34. The molecule has 9 nitrogen and oxygen atoms in total. The molecule has 0 heterocycles. The molecule has 0 bridgehead atoms. The molecule has 0 saturated carbocycles. The van der Waals surface area contributed by atoms with Crippen LogP contribution in [0.15, 0.2) is 30.3 Å². The molecule has 0 aliphatic rings. The van der Waals surface area contributed by atoms with Crippen LogP contribution in [0.25, 0.3) is 0 Å². The lowest BCUT2D eigenvalue weighted by atomic mass is 10.0. The number of nitrogens with one attached hydrogen (secondary N) is 3.